The van der Waals surface area contributed by atoms with Crippen LogP contribution in [0.25, 0.3) is 33.1 Å². The maximum Gasteiger partial charge on any atom is 0.308 e. The minimum atomic E-state index is 0. The SMILES string of the molecule is Cc1cc2nc3c4ccccc4n(C)c3[n+](C)c2cc1C.[Cl-]. The molecule has 0 aliphatic carbocycles. The summed E-state index contributed by atoms with van der Waals surface area (Å²) in [5.74, 6) is 0. The Bertz CT molecular complexity index is 1030. The lowest BCUT2D eigenvalue weighted by Gasteiger charge is -2.05. The molecule has 0 aliphatic heterocycles. The minimum Gasteiger partial charge on any atom is -1.00 e. The molecule has 0 saturated carbocycles. The summed E-state index contributed by atoms with van der Waals surface area (Å²) in [6.07, 6.45) is 0. The number of hydrogen-bond donors (Lipinski definition) is 0. The molecule has 0 spiro atoms. The molecule has 0 saturated heterocycles. The lowest BCUT2D eigenvalue weighted by molar-refractivity contribution is -0.620. The van der Waals surface area contributed by atoms with Gasteiger partial charge in [0.1, 0.15) is 11.0 Å². The molecule has 4 aromatic rings. The van der Waals surface area contributed by atoms with Gasteiger partial charge in [0.15, 0.2) is 11.0 Å². The Kier molecular flexibility index (Phi) is 3.33. The largest absolute Gasteiger partial charge is 1.00 e. The Morgan fingerprint density at radius 3 is 2.50 bits per heavy atom. The zero-order valence-electron chi connectivity index (χ0n) is 13.2. The molecule has 0 fully saturated rings. The van der Waals surface area contributed by atoms with E-state index >= 15 is 0 Å². The smallest absolute Gasteiger partial charge is 0.308 e. The van der Waals surface area contributed by atoms with E-state index in [1.807, 2.05) is 0 Å². The summed E-state index contributed by atoms with van der Waals surface area (Å²) >= 11 is 0. The summed E-state index contributed by atoms with van der Waals surface area (Å²) in [6.45, 7) is 4.30. The second kappa shape index (κ2) is 4.96. The number of nitrogens with zero attached hydrogens (tertiary/aromatic N) is 3. The third kappa shape index (κ3) is 1.82. The number of hydrogen-bond acceptors (Lipinski definition) is 1. The van der Waals surface area contributed by atoms with Crippen LogP contribution in [-0.2, 0) is 14.1 Å². The van der Waals surface area contributed by atoms with Crippen molar-refractivity contribution >= 4 is 33.1 Å². The van der Waals surface area contributed by atoms with E-state index in [0.717, 1.165) is 16.7 Å². The first-order valence-corrected chi connectivity index (χ1v) is 7.22. The van der Waals surface area contributed by atoms with Gasteiger partial charge in [-0.1, -0.05) is 12.1 Å². The second-order valence-electron chi connectivity index (χ2n) is 5.84. The highest BCUT2D eigenvalue weighted by molar-refractivity contribution is 6.04. The number of benzene rings is 2. The van der Waals surface area contributed by atoms with Gasteiger partial charge < -0.3 is 12.4 Å². The Morgan fingerprint density at radius 1 is 1.05 bits per heavy atom. The van der Waals surface area contributed by atoms with Gasteiger partial charge in [-0.05, 0) is 49.2 Å². The van der Waals surface area contributed by atoms with E-state index in [1.165, 1.54) is 27.5 Å². The Morgan fingerprint density at radius 2 is 1.73 bits per heavy atom. The molecule has 0 unspecified atom stereocenters. The van der Waals surface area contributed by atoms with Crippen molar-refractivity contribution in [1.29, 1.82) is 0 Å². The normalized spacial score (nSPS) is 11.3. The van der Waals surface area contributed by atoms with E-state index < -0.39 is 0 Å². The highest BCUT2D eigenvalue weighted by atomic mass is 35.5. The molecule has 0 aliphatic rings. The van der Waals surface area contributed by atoms with E-state index in [-0.39, 0.29) is 12.4 Å². The Hall–Kier alpha value is -2.13. The molecular formula is C18H18ClN3. The van der Waals surface area contributed by atoms with Crippen LogP contribution in [0.1, 0.15) is 11.1 Å². The molecule has 0 radical (unpaired) electrons. The summed E-state index contributed by atoms with van der Waals surface area (Å²) in [5.41, 5.74) is 8.28. The van der Waals surface area contributed by atoms with Crippen LogP contribution in [0.5, 0.6) is 0 Å². The molecule has 0 bridgehead atoms. The van der Waals surface area contributed by atoms with Gasteiger partial charge in [-0.2, -0.15) is 0 Å². The van der Waals surface area contributed by atoms with Gasteiger partial charge in [0, 0.05) is 0 Å². The second-order valence-corrected chi connectivity index (χ2v) is 5.84. The van der Waals surface area contributed by atoms with Crippen molar-refractivity contribution in [1.82, 2.24) is 9.55 Å². The van der Waals surface area contributed by atoms with Crippen molar-refractivity contribution in [2.45, 2.75) is 13.8 Å². The fraction of sp³-hybridized carbons (Fsp3) is 0.222. The summed E-state index contributed by atoms with van der Waals surface area (Å²) in [4.78, 5) is 4.95. The van der Waals surface area contributed by atoms with Crippen LogP contribution < -0.4 is 17.0 Å². The fourth-order valence-corrected chi connectivity index (χ4v) is 3.23. The molecule has 3 nitrogen and oxygen atoms in total. The zero-order valence-corrected chi connectivity index (χ0v) is 13.9. The molecule has 0 amide bonds. The maximum atomic E-state index is 4.95. The highest BCUT2D eigenvalue weighted by Gasteiger charge is 2.21. The molecule has 4 rings (SSSR count). The zero-order chi connectivity index (χ0) is 14.7. The predicted molar refractivity (Wildman–Crippen MR) is 86.4 cm³/mol. The van der Waals surface area contributed by atoms with Gasteiger partial charge in [-0.3, -0.25) is 0 Å². The monoisotopic (exact) mass is 311 g/mol. The molecule has 4 heteroatoms. The van der Waals surface area contributed by atoms with Crippen molar-refractivity contribution < 1.29 is 17.0 Å². The molecule has 0 atom stereocenters. The standard InChI is InChI=1S/C18H18N3.ClH/c1-11-9-14-16(10-12(11)2)21(4)18-17(19-14)13-7-5-6-8-15(13)20(18)3;/h5-10H,1-4H3;1H/q+1;/p-1. The van der Waals surface area contributed by atoms with Gasteiger partial charge in [0.05, 0.1) is 19.5 Å². The van der Waals surface area contributed by atoms with E-state index in [1.54, 1.807) is 0 Å². The summed E-state index contributed by atoms with van der Waals surface area (Å²) in [6, 6.07) is 12.9. The van der Waals surface area contributed by atoms with Crippen molar-refractivity contribution in [3.63, 3.8) is 0 Å². The quantitative estimate of drug-likeness (QED) is 0.429. The number of halogens is 1. The maximum absolute atomic E-state index is 4.95. The van der Waals surface area contributed by atoms with Gasteiger partial charge in [0.25, 0.3) is 0 Å². The lowest BCUT2D eigenvalue weighted by Crippen LogP contribution is -3.00. The first-order chi connectivity index (χ1) is 10.1. The predicted octanol–water partition coefficient (Wildman–Crippen LogP) is 0.325. The van der Waals surface area contributed by atoms with Crippen LogP contribution in [0.15, 0.2) is 36.4 Å². The molecule has 2 aromatic carbocycles. The summed E-state index contributed by atoms with van der Waals surface area (Å²) in [5, 5.41) is 1.21. The van der Waals surface area contributed by atoms with Crippen molar-refractivity contribution in [2.75, 3.05) is 0 Å². The van der Waals surface area contributed by atoms with Crippen LogP contribution in [0.3, 0.4) is 0 Å². The van der Waals surface area contributed by atoms with Crippen molar-refractivity contribution in [2.24, 2.45) is 14.1 Å². The molecule has 112 valence electrons. The average molecular weight is 312 g/mol. The van der Waals surface area contributed by atoms with Crippen LogP contribution in [0, 0.1) is 13.8 Å². The first kappa shape index (κ1) is 14.8. The van der Waals surface area contributed by atoms with Crippen LogP contribution in [0.4, 0.5) is 0 Å². The molecule has 2 heterocycles. The third-order valence-corrected chi connectivity index (χ3v) is 4.55. The number of para-hydroxylation sites is 1. The van der Waals surface area contributed by atoms with Crippen LogP contribution in [0.2, 0.25) is 0 Å². The highest BCUT2D eigenvalue weighted by Crippen LogP contribution is 2.26. The minimum absolute atomic E-state index is 0. The van der Waals surface area contributed by atoms with E-state index in [0.29, 0.717) is 0 Å². The number of aromatic nitrogens is 3. The van der Waals surface area contributed by atoms with Crippen molar-refractivity contribution in [3.05, 3.63) is 47.5 Å². The van der Waals surface area contributed by atoms with E-state index in [2.05, 4.69) is 73.5 Å². The van der Waals surface area contributed by atoms with Gasteiger partial charge in [-0.15, -0.1) is 0 Å². The van der Waals surface area contributed by atoms with E-state index in [4.69, 9.17) is 4.98 Å². The van der Waals surface area contributed by atoms with Crippen LogP contribution in [-0.4, -0.2) is 9.55 Å². The molecule has 22 heavy (non-hydrogen) atoms. The Labute approximate surface area is 135 Å². The van der Waals surface area contributed by atoms with Gasteiger partial charge in [0.2, 0.25) is 0 Å². The summed E-state index contributed by atoms with van der Waals surface area (Å²) in [7, 11) is 4.24. The lowest BCUT2D eigenvalue weighted by atomic mass is 10.1. The summed E-state index contributed by atoms with van der Waals surface area (Å²) < 4.78 is 4.48. The van der Waals surface area contributed by atoms with E-state index in [9.17, 15) is 0 Å². The number of rotatable bonds is 0. The molecular weight excluding hydrogens is 294 g/mol. The van der Waals surface area contributed by atoms with Crippen LogP contribution >= 0.6 is 0 Å². The Balaban J connectivity index is 0.00000144. The molecule has 0 N–H and O–H groups in total. The number of aryl methyl sites for hydroxylation is 4. The first-order valence-electron chi connectivity index (χ1n) is 7.22. The van der Waals surface area contributed by atoms with Gasteiger partial charge >= 0.3 is 5.65 Å². The molecule has 2 aromatic heterocycles. The topological polar surface area (TPSA) is 21.7 Å². The average Bonchev–Trinajstić information content (AvgIpc) is 2.76. The number of fused-ring (bicyclic) bond motifs is 4. The van der Waals surface area contributed by atoms with Gasteiger partial charge in [-0.25, -0.2) is 14.1 Å². The van der Waals surface area contributed by atoms with Crippen molar-refractivity contribution in [3.8, 4) is 0 Å². The fourth-order valence-electron chi connectivity index (χ4n) is 3.23. The third-order valence-electron chi connectivity index (χ3n) is 4.55.